The lowest BCUT2D eigenvalue weighted by Crippen LogP contribution is -3.13. The Kier molecular flexibility index (Phi) is 6.44. The highest BCUT2D eigenvalue weighted by molar-refractivity contribution is 5.54. The summed E-state index contributed by atoms with van der Waals surface area (Å²) in [5.74, 6) is 2.19. The van der Waals surface area contributed by atoms with Crippen LogP contribution < -0.4 is 19.1 Å². The summed E-state index contributed by atoms with van der Waals surface area (Å²) in [7, 11) is 4.96. The third-order valence-electron chi connectivity index (χ3n) is 7.38. The van der Waals surface area contributed by atoms with E-state index in [0.29, 0.717) is 17.2 Å². The number of rotatable bonds is 6. The van der Waals surface area contributed by atoms with Gasteiger partial charge in [-0.15, -0.1) is 0 Å². The number of nitrogens with one attached hydrogen (secondary N) is 1. The average molecular weight is 427 g/mol. The van der Waals surface area contributed by atoms with Crippen LogP contribution in [0.1, 0.15) is 54.8 Å². The van der Waals surface area contributed by atoms with Crippen molar-refractivity contribution in [2.75, 3.05) is 27.9 Å². The van der Waals surface area contributed by atoms with Crippen molar-refractivity contribution < 1.29 is 24.2 Å². The molecule has 1 unspecified atom stereocenters. The molecule has 2 N–H and O–H groups in total. The number of quaternary nitrogens is 1. The lowest BCUT2D eigenvalue weighted by atomic mass is 9.66. The predicted molar refractivity (Wildman–Crippen MR) is 121 cm³/mol. The molecule has 5 heteroatoms. The molecule has 2 aliphatic rings. The number of aliphatic hydroxyl groups is 1. The Bertz CT molecular complexity index is 872. The van der Waals surface area contributed by atoms with E-state index in [0.717, 1.165) is 44.3 Å². The van der Waals surface area contributed by atoms with Crippen LogP contribution >= 0.6 is 0 Å². The third kappa shape index (κ3) is 4.26. The maximum Gasteiger partial charge on any atom is 0.203 e. The van der Waals surface area contributed by atoms with Gasteiger partial charge in [0.05, 0.1) is 33.5 Å². The number of fused-ring (bicyclic) bond motifs is 1. The van der Waals surface area contributed by atoms with Crippen LogP contribution in [0.25, 0.3) is 0 Å². The van der Waals surface area contributed by atoms with E-state index >= 15 is 0 Å². The van der Waals surface area contributed by atoms with Crippen molar-refractivity contribution >= 4 is 0 Å². The first-order chi connectivity index (χ1) is 15.0. The molecule has 0 spiro atoms. The molecule has 1 saturated heterocycles. The van der Waals surface area contributed by atoms with Gasteiger partial charge in [-0.3, -0.25) is 0 Å². The van der Waals surface area contributed by atoms with Gasteiger partial charge in [0, 0.05) is 23.5 Å². The Morgan fingerprint density at radius 2 is 1.65 bits per heavy atom. The van der Waals surface area contributed by atoms with Crippen LogP contribution in [0, 0.1) is 12.8 Å². The van der Waals surface area contributed by atoms with Crippen molar-refractivity contribution in [1.29, 1.82) is 0 Å². The Hall–Kier alpha value is -2.24. The molecule has 2 aromatic rings. The molecule has 168 valence electrons. The average Bonchev–Trinajstić information content (AvgIpc) is 2.79. The molecule has 1 aliphatic heterocycles. The second-order valence-electron chi connectivity index (χ2n) is 9.21. The molecular weight excluding hydrogens is 390 g/mol. The Morgan fingerprint density at radius 3 is 2.26 bits per heavy atom. The Labute approximate surface area is 185 Å². The number of hydrogen-bond acceptors (Lipinski definition) is 4. The van der Waals surface area contributed by atoms with E-state index < -0.39 is 5.60 Å². The van der Waals surface area contributed by atoms with E-state index in [1.165, 1.54) is 22.4 Å². The Balaban J connectivity index is 1.77. The molecule has 0 bridgehead atoms. The molecule has 4 atom stereocenters. The molecule has 4 rings (SSSR count). The fourth-order valence-electron chi connectivity index (χ4n) is 5.77. The zero-order chi connectivity index (χ0) is 22.0. The minimum absolute atomic E-state index is 0.175. The van der Waals surface area contributed by atoms with Crippen molar-refractivity contribution in [3.8, 4) is 17.2 Å². The van der Waals surface area contributed by atoms with Crippen LogP contribution in [0.3, 0.4) is 0 Å². The van der Waals surface area contributed by atoms with Gasteiger partial charge in [-0.1, -0.05) is 42.7 Å². The summed E-state index contributed by atoms with van der Waals surface area (Å²) in [6.45, 7) is 4.01. The fraction of sp³-hybridized carbons (Fsp3) is 0.538. The second-order valence-corrected chi connectivity index (χ2v) is 9.21. The molecule has 1 saturated carbocycles. The van der Waals surface area contributed by atoms with E-state index in [9.17, 15) is 5.11 Å². The van der Waals surface area contributed by atoms with Gasteiger partial charge in [-0.2, -0.15) is 0 Å². The second kappa shape index (κ2) is 9.09. The number of hydrogen-bond donors (Lipinski definition) is 2. The minimum atomic E-state index is -0.583. The fourth-order valence-corrected chi connectivity index (χ4v) is 5.77. The summed E-state index contributed by atoms with van der Waals surface area (Å²) in [6, 6.07) is 13.2. The summed E-state index contributed by atoms with van der Waals surface area (Å²) >= 11 is 0. The molecular formula is C26H36NO4+. The molecule has 31 heavy (non-hydrogen) atoms. The van der Waals surface area contributed by atoms with Gasteiger partial charge in [-0.25, -0.2) is 0 Å². The number of likely N-dealkylation sites (tertiary alicyclic amines) is 1. The first-order valence-corrected chi connectivity index (χ1v) is 11.4. The van der Waals surface area contributed by atoms with Crippen molar-refractivity contribution in [2.24, 2.45) is 5.92 Å². The van der Waals surface area contributed by atoms with E-state index in [1.807, 2.05) is 0 Å². The lowest BCUT2D eigenvalue weighted by Gasteiger charge is -2.50. The Morgan fingerprint density at radius 1 is 0.968 bits per heavy atom. The van der Waals surface area contributed by atoms with E-state index in [4.69, 9.17) is 14.2 Å². The standard InChI is InChI=1S/C26H35NO4/c1-18-8-10-19(11-9-18)17-27-14-13-26(28)12-6-5-7-21(26)24(27)20-15-22(29-2)25(31-4)23(16-20)30-3/h8-11,15-16,21,24,28H,5-7,12-14,17H2,1-4H3/p+1/t21-,24-,26-/m0/s1. The highest BCUT2D eigenvalue weighted by Crippen LogP contribution is 2.47. The van der Waals surface area contributed by atoms with Gasteiger partial charge in [0.1, 0.15) is 12.6 Å². The van der Waals surface area contributed by atoms with E-state index in [1.54, 1.807) is 21.3 Å². The van der Waals surface area contributed by atoms with Crippen molar-refractivity contribution in [2.45, 2.75) is 57.2 Å². The summed E-state index contributed by atoms with van der Waals surface area (Å²) in [5.41, 5.74) is 3.18. The predicted octanol–water partition coefficient (Wildman–Crippen LogP) is 3.47. The van der Waals surface area contributed by atoms with Gasteiger partial charge in [-0.05, 0) is 31.9 Å². The number of benzene rings is 2. The highest BCUT2D eigenvalue weighted by Gasteiger charge is 2.51. The molecule has 0 amide bonds. The maximum absolute atomic E-state index is 11.6. The molecule has 1 heterocycles. The topological polar surface area (TPSA) is 52.4 Å². The van der Waals surface area contributed by atoms with Gasteiger partial charge in [0.2, 0.25) is 5.75 Å². The summed E-state index contributed by atoms with van der Waals surface area (Å²) in [4.78, 5) is 1.50. The normalized spacial score (nSPS) is 28.0. The number of ether oxygens (including phenoxy) is 3. The number of piperidine rings is 1. The van der Waals surface area contributed by atoms with Gasteiger partial charge in [0.25, 0.3) is 0 Å². The number of aryl methyl sites for hydroxylation is 1. The van der Waals surface area contributed by atoms with E-state index in [2.05, 4.69) is 43.3 Å². The molecule has 0 radical (unpaired) electrons. The lowest BCUT2D eigenvalue weighted by molar-refractivity contribution is -0.958. The van der Waals surface area contributed by atoms with Gasteiger partial charge in [0.15, 0.2) is 11.5 Å². The zero-order valence-electron chi connectivity index (χ0n) is 19.2. The minimum Gasteiger partial charge on any atom is -0.493 e. The van der Waals surface area contributed by atoms with Crippen LogP contribution in [-0.4, -0.2) is 38.6 Å². The van der Waals surface area contributed by atoms with Crippen LogP contribution in [0.4, 0.5) is 0 Å². The zero-order valence-corrected chi connectivity index (χ0v) is 19.2. The first kappa shape index (κ1) is 22.0. The largest absolute Gasteiger partial charge is 0.493 e. The third-order valence-corrected chi connectivity index (χ3v) is 7.38. The molecule has 0 aromatic heterocycles. The first-order valence-electron chi connectivity index (χ1n) is 11.4. The SMILES string of the molecule is COc1cc([C@H]2[C@@H]3CCCC[C@]3(O)CC[NH+]2Cc2ccc(C)cc2)cc(OC)c1OC. The summed E-state index contributed by atoms with van der Waals surface area (Å²) < 4.78 is 16.9. The summed E-state index contributed by atoms with van der Waals surface area (Å²) in [6.07, 6.45) is 5.10. The molecule has 2 fully saturated rings. The van der Waals surface area contributed by atoms with Gasteiger partial charge < -0.3 is 24.2 Å². The monoisotopic (exact) mass is 426 g/mol. The van der Waals surface area contributed by atoms with Crippen LogP contribution in [0.5, 0.6) is 17.2 Å². The highest BCUT2D eigenvalue weighted by atomic mass is 16.5. The molecule has 2 aromatic carbocycles. The van der Waals surface area contributed by atoms with Crippen LogP contribution in [0.15, 0.2) is 36.4 Å². The smallest absolute Gasteiger partial charge is 0.203 e. The summed E-state index contributed by atoms with van der Waals surface area (Å²) in [5, 5.41) is 11.6. The molecule has 1 aliphatic carbocycles. The van der Waals surface area contributed by atoms with Crippen molar-refractivity contribution in [1.82, 2.24) is 0 Å². The maximum atomic E-state index is 11.6. The molecule has 5 nitrogen and oxygen atoms in total. The quantitative estimate of drug-likeness (QED) is 0.743. The van der Waals surface area contributed by atoms with Crippen LogP contribution in [-0.2, 0) is 6.54 Å². The van der Waals surface area contributed by atoms with Gasteiger partial charge >= 0.3 is 0 Å². The van der Waals surface area contributed by atoms with Crippen molar-refractivity contribution in [3.05, 3.63) is 53.1 Å². The van der Waals surface area contributed by atoms with E-state index in [-0.39, 0.29) is 12.0 Å². The van der Waals surface area contributed by atoms with Crippen LogP contribution in [0.2, 0.25) is 0 Å². The number of methoxy groups -OCH3 is 3. The van der Waals surface area contributed by atoms with Crippen molar-refractivity contribution in [3.63, 3.8) is 0 Å².